The maximum atomic E-state index is 12.2. The van der Waals surface area contributed by atoms with E-state index in [9.17, 15) is 8.42 Å². The summed E-state index contributed by atoms with van der Waals surface area (Å²) in [5.74, 6) is 1.91. The topological polar surface area (TPSA) is 59.0 Å². The summed E-state index contributed by atoms with van der Waals surface area (Å²) in [7, 11) is -3.04. The number of hydrogen-bond acceptors (Lipinski definition) is 6. The number of ether oxygens (including phenoxy) is 1. The number of rotatable bonds is 5. The maximum absolute atomic E-state index is 12.2. The lowest BCUT2D eigenvalue weighted by molar-refractivity contribution is 0.344. The Morgan fingerprint density at radius 2 is 1.93 bits per heavy atom. The second kappa shape index (κ2) is 7.79. The molecule has 148 valence electrons. The molecule has 0 saturated carbocycles. The van der Waals surface area contributed by atoms with Gasteiger partial charge in [-0.25, -0.2) is 8.42 Å². The molecule has 2 aromatic rings. The van der Waals surface area contributed by atoms with Gasteiger partial charge in [0.1, 0.15) is 5.75 Å². The number of thioether (sulfide) groups is 1. The summed E-state index contributed by atoms with van der Waals surface area (Å²) in [5.41, 5.74) is 3.34. The summed E-state index contributed by atoms with van der Waals surface area (Å²) in [5, 5.41) is 0.898. The highest BCUT2D eigenvalue weighted by Crippen LogP contribution is 2.36. The van der Waals surface area contributed by atoms with Crippen LogP contribution >= 0.6 is 11.8 Å². The third-order valence-corrected chi connectivity index (χ3v) is 7.69. The van der Waals surface area contributed by atoms with Gasteiger partial charge in [0.05, 0.1) is 30.2 Å². The molecule has 0 radical (unpaired) electrons. The lowest BCUT2D eigenvalue weighted by Crippen LogP contribution is -2.39. The number of aliphatic imine (C=N–C) groups is 1. The van der Waals surface area contributed by atoms with E-state index in [-0.39, 0.29) is 23.6 Å². The second-order valence-corrected chi connectivity index (χ2v) is 10.5. The fraction of sp³-hybridized carbons (Fsp3) is 0.381. The molecule has 2 atom stereocenters. The van der Waals surface area contributed by atoms with Crippen molar-refractivity contribution in [1.82, 2.24) is 0 Å². The van der Waals surface area contributed by atoms with E-state index in [1.807, 2.05) is 30.3 Å². The number of fused-ring (bicyclic) bond motifs is 1. The SMILES string of the molecule is Cc1ccc(C)c(N2C(SCCOc3ccccc3)=N[C@@H]3CS(=O)(=O)C[C@H]32)c1. The van der Waals surface area contributed by atoms with Gasteiger partial charge in [-0.2, -0.15) is 0 Å². The molecule has 2 aliphatic heterocycles. The second-order valence-electron chi connectivity index (χ2n) is 7.29. The minimum absolute atomic E-state index is 0.108. The number of amidine groups is 1. The Labute approximate surface area is 170 Å². The maximum Gasteiger partial charge on any atom is 0.164 e. The number of sulfone groups is 1. The van der Waals surface area contributed by atoms with Crippen LogP contribution in [0.1, 0.15) is 11.1 Å². The third kappa shape index (κ3) is 4.05. The average Bonchev–Trinajstić information content (AvgIpc) is 3.13. The van der Waals surface area contributed by atoms with Gasteiger partial charge < -0.3 is 9.64 Å². The van der Waals surface area contributed by atoms with Gasteiger partial charge in [-0.15, -0.1) is 0 Å². The smallest absolute Gasteiger partial charge is 0.164 e. The standard InChI is InChI=1S/C21H24N2O3S2/c1-15-8-9-16(2)19(12-15)23-20-14-28(24,25)13-18(20)22-21(23)27-11-10-26-17-6-4-3-5-7-17/h3-9,12,18,20H,10-11,13-14H2,1-2H3/t18-,20-/m1/s1. The molecule has 2 aromatic carbocycles. The molecule has 0 amide bonds. The Hall–Kier alpha value is -1.99. The summed E-state index contributed by atoms with van der Waals surface area (Å²) in [6.45, 7) is 4.69. The minimum Gasteiger partial charge on any atom is -0.493 e. The van der Waals surface area contributed by atoms with Crippen LogP contribution < -0.4 is 9.64 Å². The van der Waals surface area contributed by atoms with Gasteiger partial charge >= 0.3 is 0 Å². The van der Waals surface area contributed by atoms with E-state index in [2.05, 4.69) is 36.9 Å². The predicted octanol–water partition coefficient (Wildman–Crippen LogP) is 3.46. The molecule has 2 heterocycles. The summed E-state index contributed by atoms with van der Waals surface area (Å²) < 4.78 is 30.1. The van der Waals surface area contributed by atoms with Crippen molar-refractivity contribution >= 4 is 32.5 Å². The molecule has 0 N–H and O–H groups in total. The fourth-order valence-corrected chi connectivity index (χ4v) is 6.48. The monoisotopic (exact) mass is 416 g/mol. The van der Waals surface area contributed by atoms with Crippen LogP contribution in [0.4, 0.5) is 5.69 Å². The lowest BCUT2D eigenvalue weighted by Gasteiger charge is -2.28. The number of para-hydroxylation sites is 1. The van der Waals surface area contributed by atoms with Crippen LogP contribution in [0.5, 0.6) is 5.75 Å². The van der Waals surface area contributed by atoms with Crippen LogP contribution in [0.3, 0.4) is 0 Å². The zero-order valence-electron chi connectivity index (χ0n) is 16.0. The summed E-state index contributed by atoms with van der Waals surface area (Å²) in [6, 6.07) is 15.7. The van der Waals surface area contributed by atoms with Crippen molar-refractivity contribution in [3.63, 3.8) is 0 Å². The fourth-order valence-electron chi connectivity index (χ4n) is 3.70. The number of nitrogens with zero attached hydrogens (tertiary/aromatic N) is 2. The Kier molecular flexibility index (Phi) is 5.38. The summed E-state index contributed by atoms with van der Waals surface area (Å²) in [4.78, 5) is 6.93. The Morgan fingerprint density at radius 1 is 1.14 bits per heavy atom. The van der Waals surface area contributed by atoms with Crippen molar-refractivity contribution in [1.29, 1.82) is 0 Å². The molecular weight excluding hydrogens is 392 g/mol. The van der Waals surface area contributed by atoms with E-state index >= 15 is 0 Å². The molecule has 0 spiro atoms. The highest BCUT2D eigenvalue weighted by atomic mass is 32.2. The summed E-state index contributed by atoms with van der Waals surface area (Å²) >= 11 is 1.63. The van der Waals surface area contributed by atoms with E-state index in [1.54, 1.807) is 11.8 Å². The van der Waals surface area contributed by atoms with Crippen LogP contribution in [-0.4, -0.2) is 49.5 Å². The minimum atomic E-state index is -3.04. The molecule has 1 saturated heterocycles. The van der Waals surface area contributed by atoms with Crippen molar-refractivity contribution < 1.29 is 13.2 Å². The summed E-state index contributed by atoms with van der Waals surface area (Å²) in [6.07, 6.45) is 0. The normalized spacial score (nSPS) is 22.8. The first kappa shape index (κ1) is 19.3. The zero-order chi connectivity index (χ0) is 19.7. The molecule has 0 bridgehead atoms. The van der Waals surface area contributed by atoms with Crippen molar-refractivity contribution in [3.05, 3.63) is 59.7 Å². The first-order valence-electron chi connectivity index (χ1n) is 9.38. The highest BCUT2D eigenvalue weighted by Gasteiger charge is 2.47. The first-order chi connectivity index (χ1) is 13.4. The molecule has 2 aliphatic rings. The molecule has 7 heteroatoms. The van der Waals surface area contributed by atoms with Crippen LogP contribution in [0.15, 0.2) is 53.5 Å². The molecule has 1 fully saturated rings. The van der Waals surface area contributed by atoms with Crippen LogP contribution in [0.25, 0.3) is 0 Å². The van der Waals surface area contributed by atoms with Gasteiger partial charge in [0.15, 0.2) is 15.0 Å². The Balaban J connectivity index is 1.51. The number of aryl methyl sites for hydroxylation is 2. The van der Waals surface area contributed by atoms with E-state index < -0.39 is 9.84 Å². The molecule has 5 nitrogen and oxygen atoms in total. The van der Waals surface area contributed by atoms with E-state index in [0.717, 1.165) is 33.5 Å². The molecule has 0 aromatic heterocycles. The van der Waals surface area contributed by atoms with Crippen LogP contribution in [-0.2, 0) is 9.84 Å². The number of hydrogen-bond donors (Lipinski definition) is 0. The number of benzene rings is 2. The van der Waals surface area contributed by atoms with Gasteiger partial charge in [0.2, 0.25) is 0 Å². The highest BCUT2D eigenvalue weighted by molar-refractivity contribution is 8.14. The van der Waals surface area contributed by atoms with Gasteiger partial charge in [-0.05, 0) is 43.2 Å². The first-order valence-corrected chi connectivity index (χ1v) is 12.2. The Bertz CT molecular complexity index is 990. The quantitative estimate of drug-likeness (QED) is 0.699. The molecule has 28 heavy (non-hydrogen) atoms. The van der Waals surface area contributed by atoms with Crippen LogP contribution in [0, 0.1) is 13.8 Å². The predicted molar refractivity (Wildman–Crippen MR) is 116 cm³/mol. The largest absolute Gasteiger partial charge is 0.493 e. The zero-order valence-corrected chi connectivity index (χ0v) is 17.7. The van der Waals surface area contributed by atoms with Gasteiger partial charge in [0.25, 0.3) is 0 Å². The molecule has 0 unspecified atom stereocenters. The molecule has 4 rings (SSSR count). The van der Waals surface area contributed by atoms with E-state index in [4.69, 9.17) is 9.73 Å². The molecule has 0 aliphatic carbocycles. The van der Waals surface area contributed by atoms with Crippen molar-refractivity contribution in [2.45, 2.75) is 25.9 Å². The van der Waals surface area contributed by atoms with Crippen molar-refractivity contribution in [2.75, 3.05) is 28.8 Å². The van der Waals surface area contributed by atoms with E-state index in [1.165, 1.54) is 0 Å². The lowest BCUT2D eigenvalue weighted by atomic mass is 10.1. The van der Waals surface area contributed by atoms with Gasteiger partial charge in [0, 0.05) is 11.4 Å². The van der Waals surface area contributed by atoms with Crippen molar-refractivity contribution in [3.8, 4) is 5.75 Å². The van der Waals surface area contributed by atoms with Gasteiger partial charge in [-0.3, -0.25) is 4.99 Å². The Morgan fingerprint density at radius 3 is 2.71 bits per heavy atom. The van der Waals surface area contributed by atoms with Crippen LogP contribution in [0.2, 0.25) is 0 Å². The third-order valence-electron chi connectivity index (χ3n) is 5.06. The van der Waals surface area contributed by atoms with Gasteiger partial charge in [-0.1, -0.05) is 42.1 Å². The van der Waals surface area contributed by atoms with Crippen molar-refractivity contribution in [2.24, 2.45) is 4.99 Å². The van der Waals surface area contributed by atoms with E-state index in [0.29, 0.717) is 6.61 Å². The molecular formula is C21H24N2O3S2. The number of anilines is 1. The average molecular weight is 417 g/mol.